The second kappa shape index (κ2) is 8.04. The zero-order chi connectivity index (χ0) is 14.1. The van der Waals surface area contributed by atoms with Crippen molar-refractivity contribution in [1.29, 1.82) is 0 Å². The molecule has 5 N–H and O–H groups in total. The van der Waals surface area contributed by atoms with Crippen LogP contribution in [0.5, 0.6) is 0 Å². The summed E-state index contributed by atoms with van der Waals surface area (Å²) in [6.07, 6.45) is -0.343. The fraction of sp³-hybridized carbons (Fsp3) is 0.600. The number of amides is 2. The van der Waals surface area contributed by atoms with Crippen molar-refractivity contribution in [1.82, 2.24) is 5.32 Å². The quantitative estimate of drug-likeness (QED) is 0.421. The summed E-state index contributed by atoms with van der Waals surface area (Å²) in [4.78, 5) is 42.8. The van der Waals surface area contributed by atoms with Crippen molar-refractivity contribution >= 4 is 23.8 Å². The maximum absolute atomic E-state index is 11.3. The number of nitrogens with one attached hydrogen (secondary N) is 1. The summed E-state index contributed by atoms with van der Waals surface area (Å²) < 4.78 is 0. The highest BCUT2D eigenvalue weighted by molar-refractivity contribution is 5.84. The molecule has 18 heavy (non-hydrogen) atoms. The largest absolute Gasteiger partial charge is 0.481 e. The minimum atomic E-state index is -1.26. The van der Waals surface area contributed by atoms with Gasteiger partial charge in [0.2, 0.25) is 11.8 Å². The van der Waals surface area contributed by atoms with E-state index in [0.29, 0.717) is 0 Å². The number of carbonyl (C=O) groups is 4. The van der Waals surface area contributed by atoms with Gasteiger partial charge < -0.3 is 21.3 Å². The van der Waals surface area contributed by atoms with E-state index in [-0.39, 0.29) is 32.1 Å². The third-order valence-corrected chi connectivity index (χ3v) is 2.11. The Hall–Kier alpha value is -2.12. The van der Waals surface area contributed by atoms with Gasteiger partial charge in [0.15, 0.2) is 0 Å². The number of carboxylic acid groups (broad SMARTS) is 2. The molecule has 102 valence electrons. The third-order valence-electron chi connectivity index (χ3n) is 2.11. The molecule has 2 amide bonds. The van der Waals surface area contributed by atoms with E-state index in [1.165, 1.54) is 0 Å². The van der Waals surface area contributed by atoms with Gasteiger partial charge in [-0.05, 0) is 12.8 Å². The van der Waals surface area contributed by atoms with Crippen molar-refractivity contribution in [2.24, 2.45) is 5.73 Å². The zero-order valence-corrected chi connectivity index (χ0v) is 9.72. The van der Waals surface area contributed by atoms with Crippen molar-refractivity contribution in [2.45, 2.75) is 38.1 Å². The van der Waals surface area contributed by atoms with E-state index < -0.39 is 29.8 Å². The number of hydrogen-bond donors (Lipinski definition) is 4. The first-order valence-corrected chi connectivity index (χ1v) is 5.35. The number of rotatable bonds is 9. The summed E-state index contributed by atoms with van der Waals surface area (Å²) in [5.74, 6) is -3.50. The molecule has 0 bridgehead atoms. The standard InChI is InChI=1S/C10H16N2O6/c11-7(13)5-4-6(10(17)18)12-8(14)2-1-3-9(15)16/h6H,1-5H2,(H2,11,13)(H,12,14)(H,15,16)(H,17,18). The van der Waals surface area contributed by atoms with Crippen LogP contribution >= 0.6 is 0 Å². The van der Waals surface area contributed by atoms with Crippen LogP contribution < -0.4 is 11.1 Å². The summed E-state index contributed by atoms with van der Waals surface area (Å²) >= 11 is 0. The summed E-state index contributed by atoms with van der Waals surface area (Å²) in [6, 6.07) is -1.19. The first-order valence-electron chi connectivity index (χ1n) is 5.35. The molecule has 0 saturated heterocycles. The van der Waals surface area contributed by atoms with Crippen LogP contribution in [0.15, 0.2) is 0 Å². The fourth-order valence-electron chi connectivity index (χ4n) is 1.21. The van der Waals surface area contributed by atoms with Crippen molar-refractivity contribution in [3.8, 4) is 0 Å². The van der Waals surface area contributed by atoms with Gasteiger partial charge in [-0.2, -0.15) is 0 Å². The molecule has 0 rings (SSSR count). The van der Waals surface area contributed by atoms with E-state index >= 15 is 0 Å². The Morgan fingerprint density at radius 3 is 2.11 bits per heavy atom. The fourth-order valence-corrected chi connectivity index (χ4v) is 1.21. The molecule has 0 aliphatic rings. The normalized spacial score (nSPS) is 11.6. The van der Waals surface area contributed by atoms with Crippen molar-refractivity contribution in [2.75, 3.05) is 0 Å². The first-order chi connectivity index (χ1) is 8.32. The van der Waals surface area contributed by atoms with Crippen LogP contribution in [0.25, 0.3) is 0 Å². The van der Waals surface area contributed by atoms with Gasteiger partial charge in [-0.25, -0.2) is 4.79 Å². The lowest BCUT2D eigenvalue weighted by Crippen LogP contribution is -2.41. The molecule has 8 nitrogen and oxygen atoms in total. The van der Waals surface area contributed by atoms with Crippen LogP contribution in [-0.4, -0.2) is 40.0 Å². The molecule has 0 radical (unpaired) electrons. The molecule has 8 heteroatoms. The number of aliphatic carboxylic acids is 2. The van der Waals surface area contributed by atoms with Gasteiger partial charge in [-0.3, -0.25) is 14.4 Å². The van der Waals surface area contributed by atoms with E-state index in [0.717, 1.165) is 0 Å². The van der Waals surface area contributed by atoms with Crippen LogP contribution in [0.3, 0.4) is 0 Å². The minimum absolute atomic E-state index is 0.0767. The molecule has 1 unspecified atom stereocenters. The Bertz CT molecular complexity index is 341. The molecule has 0 fully saturated rings. The maximum atomic E-state index is 11.3. The number of carbonyl (C=O) groups excluding carboxylic acids is 2. The molecule has 1 atom stereocenters. The number of hydrogen-bond acceptors (Lipinski definition) is 4. The van der Waals surface area contributed by atoms with Gasteiger partial charge in [-0.1, -0.05) is 0 Å². The van der Waals surface area contributed by atoms with Crippen LogP contribution in [0.2, 0.25) is 0 Å². The smallest absolute Gasteiger partial charge is 0.326 e. The summed E-state index contributed by atoms with van der Waals surface area (Å²) in [7, 11) is 0. The zero-order valence-electron chi connectivity index (χ0n) is 9.72. The first kappa shape index (κ1) is 15.9. The monoisotopic (exact) mass is 260 g/mol. The van der Waals surface area contributed by atoms with Crippen LogP contribution in [0.4, 0.5) is 0 Å². The molecule has 0 heterocycles. The predicted octanol–water partition coefficient (Wildman–Crippen LogP) is -0.924. The van der Waals surface area contributed by atoms with E-state index in [9.17, 15) is 19.2 Å². The van der Waals surface area contributed by atoms with E-state index in [4.69, 9.17) is 15.9 Å². The van der Waals surface area contributed by atoms with Gasteiger partial charge in [0, 0.05) is 19.3 Å². The molecule has 0 aliphatic carbocycles. The van der Waals surface area contributed by atoms with Crippen molar-refractivity contribution in [3.63, 3.8) is 0 Å². The second-order valence-corrected chi connectivity index (χ2v) is 3.71. The van der Waals surface area contributed by atoms with Crippen LogP contribution in [0, 0.1) is 0 Å². The molecule has 0 aromatic rings. The Labute approximate surface area is 103 Å². The molecule has 0 aromatic carbocycles. The van der Waals surface area contributed by atoms with E-state index in [1.54, 1.807) is 0 Å². The SMILES string of the molecule is NC(=O)CCC(NC(=O)CCCC(=O)O)C(=O)O. The predicted molar refractivity (Wildman–Crippen MR) is 59.5 cm³/mol. The van der Waals surface area contributed by atoms with E-state index in [1.807, 2.05) is 0 Å². The number of carboxylic acids is 2. The highest BCUT2D eigenvalue weighted by Gasteiger charge is 2.20. The Morgan fingerprint density at radius 2 is 1.67 bits per heavy atom. The summed E-state index contributed by atoms with van der Waals surface area (Å²) in [5.41, 5.74) is 4.88. The van der Waals surface area contributed by atoms with Crippen LogP contribution in [0.1, 0.15) is 32.1 Å². The molecule has 0 aromatic heterocycles. The lowest BCUT2D eigenvalue weighted by molar-refractivity contribution is -0.142. The van der Waals surface area contributed by atoms with Gasteiger partial charge in [0.1, 0.15) is 6.04 Å². The molecule has 0 spiro atoms. The van der Waals surface area contributed by atoms with Crippen molar-refractivity contribution < 1.29 is 29.4 Å². The summed E-state index contributed by atoms with van der Waals surface area (Å²) in [6.45, 7) is 0. The van der Waals surface area contributed by atoms with Gasteiger partial charge in [0.05, 0.1) is 0 Å². The third kappa shape index (κ3) is 8.08. The topological polar surface area (TPSA) is 147 Å². The lowest BCUT2D eigenvalue weighted by Gasteiger charge is -2.13. The highest BCUT2D eigenvalue weighted by Crippen LogP contribution is 2.00. The maximum Gasteiger partial charge on any atom is 0.326 e. The second-order valence-electron chi connectivity index (χ2n) is 3.71. The van der Waals surface area contributed by atoms with Gasteiger partial charge in [0.25, 0.3) is 0 Å². The Balaban J connectivity index is 4.07. The van der Waals surface area contributed by atoms with Gasteiger partial charge in [-0.15, -0.1) is 0 Å². The Morgan fingerprint density at radius 1 is 1.06 bits per heavy atom. The minimum Gasteiger partial charge on any atom is -0.481 e. The van der Waals surface area contributed by atoms with E-state index in [2.05, 4.69) is 5.32 Å². The average molecular weight is 260 g/mol. The molecular weight excluding hydrogens is 244 g/mol. The van der Waals surface area contributed by atoms with Gasteiger partial charge >= 0.3 is 11.9 Å². The number of primary amides is 1. The molecule has 0 saturated carbocycles. The van der Waals surface area contributed by atoms with Crippen molar-refractivity contribution in [3.05, 3.63) is 0 Å². The highest BCUT2D eigenvalue weighted by atomic mass is 16.4. The molecular formula is C10H16N2O6. The number of nitrogens with two attached hydrogens (primary N) is 1. The molecule has 0 aliphatic heterocycles. The summed E-state index contributed by atoms with van der Waals surface area (Å²) in [5, 5.41) is 19.4. The average Bonchev–Trinajstić information content (AvgIpc) is 2.22. The Kier molecular flexibility index (Phi) is 7.10. The van der Waals surface area contributed by atoms with Crippen LogP contribution in [-0.2, 0) is 19.2 Å². The lowest BCUT2D eigenvalue weighted by atomic mass is 10.1.